The molecule has 0 spiro atoms. The lowest BCUT2D eigenvalue weighted by molar-refractivity contribution is -0.0332. The monoisotopic (exact) mass is 145 g/mol. The summed E-state index contributed by atoms with van der Waals surface area (Å²) in [6.45, 7) is 9.81. The smallest absolute Gasteiger partial charge is 0.113 e. The molecule has 2 heteroatoms. The highest BCUT2D eigenvalue weighted by Gasteiger charge is 2.32. The summed E-state index contributed by atoms with van der Waals surface area (Å²) < 4.78 is 0. The summed E-state index contributed by atoms with van der Waals surface area (Å²) in [5.74, 6) is 0.0972. The normalized spacial score (nSPS) is 21.9. The van der Waals surface area contributed by atoms with Gasteiger partial charge in [0, 0.05) is 5.92 Å². The minimum absolute atomic E-state index is 0.0677. The van der Waals surface area contributed by atoms with E-state index in [2.05, 4.69) is 20.8 Å². The Kier molecular flexibility index (Phi) is 2.49. The molecule has 0 aliphatic heterocycles. The van der Waals surface area contributed by atoms with Gasteiger partial charge in [-0.2, -0.15) is 0 Å². The van der Waals surface area contributed by atoms with Crippen LogP contribution in [-0.2, 0) is 0 Å². The van der Waals surface area contributed by atoms with Crippen LogP contribution in [0, 0.1) is 11.3 Å². The van der Waals surface area contributed by atoms with E-state index in [-0.39, 0.29) is 11.3 Å². The van der Waals surface area contributed by atoms with Gasteiger partial charge >= 0.3 is 0 Å². The Balaban J connectivity index is 4.23. The molecule has 0 heterocycles. The number of hydrogen-bond donors (Lipinski definition) is 2. The van der Waals surface area contributed by atoms with E-state index in [1.165, 1.54) is 0 Å². The van der Waals surface area contributed by atoms with Gasteiger partial charge in [0.2, 0.25) is 0 Å². The summed E-state index contributed by atoms with van der Waals surface area (Å²) in [5, 5.41) is 9.40. The van der Waals surface area contributed by atoms with Crippen molar-refractivity contribution >= 4 is 0 Å². The van der Waals surface area contributed by atoms with E-state index in [4.69, 9.17) is 5.73 Å². The van der Waals surface area contributed by atoms with Crippen LogP contribution in [0.3, 0.4) is 0 Å². The Morgan fingerprint density at radius 1 is 1.20 bits per heavy atom. The van der Waals surface area contributed by atoms with Crippen molar-refractivity contribution in [3.63, 3.8) is 0 Å². The largest absolute Gasteiger partial charge is 0.376 e. The molecular formula is C8H19NO. The first-order valence-electron chi connectivity index (χ1n) is 3.67. The van der Waals surface area contributed by atoms with Crippen molar-refractivity contribution in [1.82, 2.24) is 0 Å². The van der Waals surface area contributed by atoms with Gasteiger partial charge in [0.1, 0.15) is 5.72 Å². The Bertz CT molecular complexity index is 93.4. The maximum absolute atomic E-state index is 9.40. The molecule has 0 aliphatic carbocycles. The predicted octanol–water partition coefficient (Wildman–Crippen LogP) is 1.34. The second-order valence-corrected chi connectivity index (χ2v) is 4.31. The molecule has 0 amide bonds. The van der Waals surface area contributed by atoms with Crippen molar-refractivity contribution in [3.8, 4) is 0 Å². The lowest BCUT2D eigenvalue weighted by atomic mass is 9.76. The molecular weight excluding hydrogens is 126 g/mol. The average molecular weight is 145 g/mol. The van der Waals surface area contributed by atoms with Crippen LogP contribution >= 0.6 is 0 Å². The molecule has 0 saturated heterocycles. The van der Waals surface area contributed by atoms with Gasteiger partial charge in [-0.25, -0.2) is 0 Å². The molecule has 0 aromatic heterocycles. The van der Waals surface area contributed by atoms with Gasteiger partial charge < -0.3 is 10.8 Å². The van der Waals surface area contributed by atoms with Crippen LogP contribution in [0.25, 0.3) is 0 Å². The molecule has 0 aromatic rings. The molecule has 2 atom stereocenters. The van der Waals surface area contributed by atoms with E-state index in [1.54, 1.807) is 6.92 Å². The standard InChI is InChI=1S/C8H19NO/c1-6(7(2,3)4)8(5,9)10/h6,10H,9H2,1-5H3/t6-,8?/m1/s1. The molecule has 2 nitrogen and oxygen atoms in total. The molecule has 0 bridgehead atoms. The molecule has 1 unspecified atom stereocenters. The summed E-state index contributed by atoms with van der Waals surface area (Å²) >= 11 is 0. The van der Waals surface area contributed by atoms with Crippen LogP contribution < -0.4 is 5.73 Å². The fourth-order valence-electron chi connectivity index (χ4n) is 0.877. The van der Waals surface area contributed by atoms with Gasteiger partial charge in [-0.15, -0.1) is 0 Å². The average Bonchev–Trinajstić information content (AvgIpc) is 1.59. The molecule has 10 heavy (non-hydrogen) atoms. The van der Waals surface area contributed by atoms with Crippen molar-refractivity contribution in [3.05, 3.63) is 0 Å². The number of hydrogen-bond acceptors (Lipinski definition) is 2. The zero-order valence-corrected chi connectivity index (χ0v) is 7.60. The van der Waals surface area contributed by atoms with E-state index in [1.807, 2.05) is 6.92 Å². The third-order valence-corrected chi connectivity index (χ3v) is 2.18. The Labute approximate surface area is 63.4 Å². The van der Waals surface area contributed by atoms with Gasteiger partial charge in [0.05, 0.1) is 0 Å². The third kappa shape index (κ3) is 2.67. The van der Waals surface area contributed by atoms with E-state index in [9.17, 15) is 5.11 Å². The predicted molar refractivity (Wildman–Crippen MR) is 43.4 cm³/mol. The molecule has 0 aromatic carbocycles. The second-order valence-electron chi connectivity index (χ2n) is 4.31. The zero-order chi connectivity index (χ0) is 8.58. The van der Waals surface area contributed by atoms with E-state index >= 15 is 0 Å². The van der Waals surface area contributed by atoms with Gasteiger partial charge in [-0.3, -0.25) is 0 Å². The minimum atomic E-state index is -1.06. The Morgan fingerprint density at radius 2 is 1.50 bits per heavy atom. The third-order valence-electron chi connectivity index (χ3n) is 2.18. The van der Waals surface area contributed by atoms with E-state index in [0.29, 0.717) is 0 Å². The molecule has 62 valence electrons. The highest BCUT2D eigenvalue weighted by atomic mass is 16.3. The fraction of sp³-hybridized carbons (Fsp3) is 1.00. The second kappa shape index (κ2) is 2.51. The van der Waals surface area contributed by atoms with Crippen molar-refractivity contribution < 1.29 is 5.11 Å². The van der Waals surface area contributed by atoms with E-state index in [0.717, 1.165) is 0 Å². The van der Waals surface area contributed by atoms with E-state index < -0.39 is 5.72 Å². The lowest BCUT2D eigenvalue weighted by Crippen LogP contribution is -2.47. The van der Waals surface area contributed by atoms with Crippen molar-refractivity contribution in [1.29, 1.82) is 0 Å². The first kappa shape index (κ1) is 9.92. The summed E-state index contributed by atoms with van der Waals surface area (Å²) in [7, 11) is 0. The van der Waals surface area contributed by atoms with Gasteiger partial charge in [0.25, 0.3) is 0 Å². The van der Waals surface area contributed by atoms with Crippen molar-refractivity contribution in [2.24, 2.45) is 17.1 Å². The molecule has 0 rings (SSSR count). The summed E-state index contributed by atoms with van der Waals surface area (Å²) in [6, 6.07) is 0. The first-order chi connectivity index (χ1) is 4.15. The number of rotatable bonds is 1. The first-order valence-corrected chi connectivity index (χ1v) is 3.67. The number of aliphatic hydroxyl groups is 1. The number of nitrogens with two attached hydrogens (primary N) is 1. The molecule has 0 radical (unpaired) electrons. The van der Waals surface area contributed by atoms with Crippen LogP contribution in [-0.4, -0.2) is 10.8 Å². The summed E-state index contributed by atoms with van der Waals surface area (Å²) in [4.78, 5) is 0. The minimum Gasteiger partial charge on any atom is -0.376 e. The van der Waals surface area contributed by atoms with Crippen LogP contribution in [0.2, 0.25) is 0 Å². The quantitative estimate of drug-likeness (QED) is 0.547. The maximum Gasteiger partial charge on any atom is 0.113 e. The molecule has 0 fully saturated rings. The van der Waals surface area contributed by atoms with Crippen LogP contribution in [0.5, 0.6) is 0 Å². The fourth-order valence-corrected chi connectivity index (χ4v) is 0.877. The van der Waals surface area contributed by atoms with Crippen LogP contribution in [0.4, 0.5) is 0 Å². The molecule has 3 N–H and O–H groups in total. The van der Waals surface area contributed by atoms with Crippen molar-refractivity contribution in [2.45, 2.75) is 40.3 Å². The summed E-state index contributed by atoms with van der Waals surface area (Å²) in [6.07, 6.45) is 0. The summed E-state index contributed by atoms with van der Waals surface area (Å²) in [5.41, 5.74) is 4.53. The van der Waals surface area contributed by atoms with Gasteiger partial charge in [-0.1, -0.05) is 27.7 Å². The Morgan fingerprint density at radius 3 is 1.50 bits per heavy atom. The van der Waals surface area contributed by atoms with Crippen molar-refractivity contribution in [2.75, 3.05) is 0 Å². The topological polar surface area (TPSA) is 46.2 Å². The van der Waals surface area contributed by atoms with Gasteiger partial charge in [-0.05, 0) is 12.3 Å². The van der Waals surface area contributed by atoms with Crippen LogP contribution in [0.1, 0.15) is 34.6 Å². The highest BCUT2D eigenvalue weighted by molar-refractivity contribution is 4.81. The maximum atomic E-state index is 9.40. The van der Waals surface area contributed by atoms with Gasteiger partial charge in [0.15, 0.2) is 0 Å². The SMILES string of the molecule is C[C@H](C(C)(C)C)C(C)(N)O. The molecule has 0 aliphatic rings. The van der Waals surface area contributed by atoms with Crippen LogP contribution in [0.15, 0.2) is 0 Å². The highest BCUT2D eigenvalue weighted by Crippen LogP contribution is 2.31. The lowest BCUT2D eigenvalue weighted by Gasteiger charge is -2.36. The zero-order valence-electron chi connectivity index (χ0n) is 7.60. The Hall–Kier alpha value is -0.0800. The molecule has 0 saturated carbocycles.